The highest BCUT2D eigenvalue weighted by Gasteiger charge is 2.10. The van der Waals surface area contributed by atoms with Crippen LogP contribution in [0.25, 0.3) is 11.1 Å². The maximum atomic E-state index is 12.1. The summed E-state index contributed by atoms with van der Waals surface area (Å²) in [6.07, 6.45) is 0.946. The van der Waals surface area contributed by atoms with Gasteiger partial charge in [-0.05, 0) is 63.3 Å². The molecule has 3 aromatic rings. The minimum atomic E-state index is -0.256. The normalized spacial score (nSPS) is 10.4. The van der Waals surface area contributed by atoms with Crippen LogP contribution < -0.4 is 9.47 Å². The van der Waals surface area contributed by atoms with Crippen molar-refractivity contribution in [2.24, 2.45) is 0 Å². The number of rotatable bonds is 6. The van der Waals surface area contributed by atoms with Gasteiger partial charge < -0.3 is 9.47 Å². The Kier molecular flexibility index (Phi) is 6.08. The summed E-state index contributed by atoms with van der Waals surface area (Å²) < 4.78 is 11.4. The average molecular weight is 411 g/mol. The third-order valence-corrected chi connectivity index (χ3v) is 4.66. The Morgan fingerprint density at radius 2 is 1.65 bits per heavy atom. The van der Waals surface area contributed by atoms with E-state index in [4.69, 9.17) is 9.47 Å². The molecule has 0 bridgehead atoms. The highest BCUT2D eigenvalue weighted by molar-refractivity contribution is 9.10. The largest absolute Gasteiger partial charge is 0.497 e. The first-order valence-corrected chi connectivity index (χ1v) is 9.13. The van der Waals surface area contributed by atoms with Crippen LogP contribution in [-0.2, 0) is 11.2 Å². The van der Waals surface area contributed by atoms with Gasteiger partial charge in [-0.15, -0.1) is 0 Å². The van der Waals surface area contributed by atoms with Crippen molar-refractivity contribution in [2.75, 3.05) is 7.11 Å². The van der Waals surface area contributed by atoms with E-state index >= 15 is 0 Å². The Hall–Kier alpha value is -2.59. The topological polar surface area (TPSA) is 35.5 Å². The number of benzene rings is 3. The number of hydrogen-bond acceptors (Lipinski definition) is 3. The third kappa shape index (κ3) is 4.73. The van der Waals surface area contributed by atoms with E-state index in [1.54, 1.807) is 7.11 Å². The van der Waals surface area contributed by atoms with Crippen molar-refractivity contribution in [2.45, 2.75) is 12.8 Å². The minimum Gasteiger partial charge on any atom is -0.497 e. The van der Waals surface area contributed by atoms with Crippen LogP contribution in [0.5, 0.6) is 11.5 Å². The lowest BCUT2D eigenvalue weighted by molar-refractivity contribution is -0.134. The summed E-state index contributed by atoms with van der Waals surface area (Å²) in [5, 5.41) is 0. The van der Waals surface area contributed by atoms with Crippen molar-refractivity contribution < 1.29 is 14.3 Å². The smallest absolute Gasteiger partial charge is 0.311 e. The van der Waals surface area contributed by atoms with Crippen LogP contribution in [0.2, 0.25) is 0 Å². The molecule has 26 heavy (non-hydrogen) atoms. The van der Waals surface area contributed by atoms with E-state index in [9.17, 15) is 4.79 Å². The van der Waals surface area contributed by atoms with Crippen LogP contribution in [0.3, 0.4) is 0 Å². The molecule has 0 fully saturated rings. The molecular formula is C22H19BrO3. The van der Waals surface area contributed by atoms with Gasteiger partial charge in [0.25, 0.3) is 0 Å². The lowest BCUT2D eigenvalue weighted by Crippen LogP contribution is -2.09. The van der Waals surface area contributed by atoms with Gasteiger partial charge in [0.2, 0.25) is 0 Å². The Labute approximate surface area is 161 Å². The van der Waals surface area contributed by atoms with E-state index in [1.807, 2.05) is 72.8 Å². The van der Waals surface area contributed by atoms with Crippen molar-refractivity contribution in [3.05, 3.63) is 82.8 Å². The Balaban J connectivity index is 1.60. The molecule has 0 amide bonds. The van der Waals surface area contributed by atoms with Crippen molar-refractivity contribution in [1.29, 1.82) is 0 Å². The van der Waals surface area contributed by atoms with E-state index in [2.05, 4.69) is 15.9 Å². The Morgan fingerprint density at radius 1 is 0.923 bits per heavy atom. The lowest BCUT2D eigenvalue weighted by atomic mass is 10.1. The number of hydrogen-bond donors (Lipinski definition) is 0. The molecule has 0 aliphatic carbocycles. The maximum absolute atomic E-state index is 12.1. The first-order chi connectivity index (χ1) is 12.7. The number of halogens is 1. The van der Waals surface area contributed by atoms with Gasteiger partial charge in [-0.1, -0.05) is 48.5 Å². The van der Waals surface area contributed by atoms with Crippen LogP contribution in [0.1, 0.15) is 12.0 Å². The Bertz CT molecular complexity index is 874. The molecule has 0 aliphatic rings. The molecule has 0 saturated heterocycles. The summed E-state index contributed by atoms with van der Waals surface area (Å²) in [4.78, 5) is 12.1. The van der Waals surface area contributed by atoms with Crippen molar-refractivity contribution in [3.63, 3.8) is 0 Å². The van der Waals surface area contributed by atoms with E-state index in [0.29, 0.717) is 18.6 Å². The van der Waals surface area contributed by atoms with Crippen LogP contribution in [0.4, 0.5) is 0 Å². The summed E-state index contributed by atoms with van der Waals surface area (Å²) in [6, 6.07) is 23.5. The van der Waals surface area contributed by atoms with Gasteiger partial charge >= 0.3 is 5.97 Å². The zero-order chi connectivity index (χ0) is 18.4. The molecular weight excluding hydrogens is 392 g/mol. The van der Waals surface area contributed by atoms with E-state index in [1.165, 1.54) is 0 Å². The number of carbonyl (C=O) groups excluding carboxylic acids is 1. The molecule has 132 valence electrons. The second-order valence-corrected chi connectivity index (χ2v) is 6.69. The predicted octanol–water partition coefficient (Wildman–Crippen LogP) is 5.66. The number of ether oxygens (including phenoxy) is 2. The van der Waals surface area contributed by atoms with Crippen molar-refractivity contribution in [3.8, 4) is 22.6 Å². The fraction of sp³-hybridized carbons (Fsp3) is 0.136. The first-order valence-electron chi connectivity index (χ1n) is 8.34. The fourth-order valence-electron chi connectivity index (χ4n) is 2.61. The minimum absolute atomic E-state index is 0.256. The molecule has 0 saturated carbocycles. The van der Waals surface area contributed by atoms with Crippen molar-refractivity contribution in [1.82, 2.24) is 0 Å². The highest BCUT2D eigenvalue weighted by atomic mass is 79.9. The van der Waals surface area contributed by atoms with Gasteiger partial charge in [-0.3, -0.25) is 4.79 Å². The molecule has 0 aliphatic heterocycles. The third-order valence-electron chi connectivity index (χ3n) is 4.04. The molecule has 0 spiro atoms. The zero-order valence-electron chi connectivity index (χ0n) is 14.4. The summed E-state index contributed by atoms with van der Waals surface area (Å²) in [5.41, 5.74) is 3.25. The standard InChI is InChI=1S/C22H19BrO3/c1-25-19-11-7-16(8-12-19)9-14-22(24)26-21-13-10-18(15-20(21)23)17-5-3-2-4-6-17/h2-8,10-13,15H,9,14H2,1H3. The lowest BCUT2D eigenvalue weighted by Gasteiger charge is -2.09. The predicted molar refractivity (Wildman–Crippen MR) is 107 cm³/mol. The van der Waals surface area contributed by atoms with Crippen LogP contribution >= 0.6 is 15.9 Å². The molecule has 0 unspecified atom stereocenters. The molecule has 0 radical (unpaired) electrons. The van der Waals surface area contributed by atoms with E-state index < -0.39 is 0 Å². The summed E-state index contributed by atoms with van der Waals surface area (Å²) in [7, 11) is 1.63. The van der Waals surface area contributed by atoms with Crippen LogP contribution in [0, 0.1) is 0 Å². The van der Waals surface area contributed by atoms with Crippen molar-refractivity contribution >= 4 is 21.9 Å². The molecule has 0 atom stereocenters. The van der Waals surface area contributed by atoms with Gasteiger partial charge in [0.05, 0.1) is 11.6 Å². The number of methoxy groups -OCH3 is 1. The van der Waals surface area contributed by atoms with Crippen LogP contribution in [-0.4, -0.2) is 13.1 Å². The fourth-order valence-corrected chi connectivity index (χ4v) is 3.07. The molecule has 0 N–H and O–H groups in total. The number of aryl methyl sites for hydroxylation is 1. The maximum Gasteiger partial charge on any atom is 0.311 e. The Morgan fingerprint density at radius 3 is 2.31 bits per heavy atom. The van der Waals surface area contributed by atoms with Gasteiger partial charge in [-0.25, -0.2) is 0 Å². The van der Waals surface area contributed by atoms with Gasteiger partial charge in [0.15, 0.2) is 0 Å². The summed E-state index contributed by atoms with van der Waals surface area (Å²) in [5.74, 6) is 1.08. The van der Waals surface area contributed by atoms with Gasteiger partial charge in [0, 0.05) is 6.42 Å². The van der Waals surface area contributed by atoms with E-state index in [-0.39, 0.29) is 5.97 Å². The number of esters is 1. The van der Waals surface area contributed by atoms with E-state index in [0.717, 1.165) is 26.9 Å². The molecule has 0 heterocycles. The molecule has 0 aromatic heterocycles. The van der Waals surface area contributed by atoms with Gasteiger partial charge in [-0.2, -0.15) is 0 Å². The molecule has 3 aromatic carbocycles. The second kappa shape index (κ2) is 8.68. The summed E-state index contributed by atoms with van der Waals surface area (Å²) >= 11 is 3.49. The highest BCUT2D eigenvalue weighted by Crippen LogP contribution is 2.31. The zero-order valence-corrected chi connectivity index (χ0v) is 16.0. The molecule has 3 nitrogen and oxygen atoms in total. The summed E-state index contributed by atoms with van der Waals surface area (Å²) in [6.45, 7) is 0. The van der Waals surface area contributed by atoms with Gasteiger partial charge in [0.1, 0.15) is 11.5 Å². The quantitative estimate of drug-likeness (QED) is 0.388. The average Bonchev–Trinajstić information content (AvgIpc) is 2.69. The first kappa shape index (κ1) is 18.2. The molecule has 4 heteroatoms. The monoisotopic (exact) mass is 410 g/mol. The SMILES string of the molecule is COc1ccc(CCC(=O)Oc2ccc(-c3ccccc3)cc2Br)cc1. The second-order valence-electron chi connectivity index (χ2n) is 5.83. The number of carbonyl (C=O) groups is 1. The van der Waals surface area contributed by atoms with Crippen LogP contribution in [0.15, 0.2) is 77.3 Å². The molecule has 3 rings (SSSR count).